The highest BCUT2D eigenvalue weighted by Gasteiger charge is 2.04. The van der Waals surface area contributed by atoms with Crippen molar-refractivity contribution in [2.45, 2.75) is 0 Å². The zero-order chi connectivity index (χ0) is 9.26. The summed E-state index contributed by atoms with van der Waals surface area (Å²) in [4.78, 5) is 7.84. The van der Waals surface area contributed by atoms with Crippen molar-refractivity contribution in [1.82, 2.24) is 9.97 Å². The number of nitrogens with one attached hydrogen (secondary N) is 1. The second kappa shape index (κ2) is 2.97. The lowest BCUT2D eigenvalue weighted by atomic mass is 10.2. The Balaban J connectivity index is 2.84. The predicted molar refractivity (Wildman–Crippen MR) is 49.0 cm³/mol. The molecule has 4 heteroatoms. The number of hydrogen-bond acceptors (Lipinski definition) is 3. The van der Waals surface area contributed by atoms with E-state index in [9.17, 15) is 4.39 Å². The Morgan fingerprint density at radius 1 is 1.31 bits per heavy atom. The van der Waals surface area contributed by atoms with Crippen molar-refractivity contribution in [2.75, 3.05) is 12.4 Å². The molecule has 66 valence electrons. The molecule has 0 amide bonds. The summed E-state index contributed by atoms with van der Waals surface area (Å²) in [6, 6.07) is 4.81. The maximum atomic E-state index is 13.2. The Morgan fingerprint density at radius 2 is 2.15 bits per heavy atom. The molecule has 13 heavy (non-hydrogen) atoms. The molecule has 0 saturated carbocycles. The fraction of sp³-hybridized carbons (Fsp3) is 0.111. The van der Waals surface area contributed by atoms with Gasteiger partial charge in [0.15, 0.2) is 0 Å². The standard InChI is InChI=1S/C9H8FN3/c1-11-9-6-3-2-4-7(10)8(6)12-5-13-9/h2-5H,1H3,(H,11,12,13). The molecule has 1 aromatic carbocycles. The average molecular weight is 177 g/mol. The van der Waals surface area contributed by atoms with Gasteiger partial charge in [0.2, 0.25) is 0 Å². The molecule has 2 rings (SSSR count). The Labute approximate surface area is 74.6 Å². The fourth-order valence-corrected chi connectivity index (χ4v) is 1.25. The van der Waals surface area contributed by atoms with Crippen molar-refractivity contribution in [3.63, 3.8) is 0 Å². The number of fused-ring (bicyclic) bond motifs is 1. The molecule has 0 aliphatic rings. The molecule has 0 fully saturated rings. The molecule has 0 saturated heterocycles. The van der Waals surface area contributed by atoms with Crippen LogP contribution in [-0.2, 0) is 0 Å². The van der Waals surface area contributed by atoms with E-state index in [4.69, 9.17) is 0 Å². The summed E-state index contributed by atoms with van der Waals surface area (Å²) in [5.41, 5.74) is 0.349. The molecule has 0 spiro atoms. The lowest BCUT2D eigenvalue weighted by molar-refractivity contribution is 0.636. The molecule has 3 nitrogen and oxygen atoms in total. The van der Waals surface area contributed by atoms with E-state index in [1.165, 1.54) is 12.4 Å². The van der Waals surface area contributed by atoms with E-state index in [1.807, 2.05) is 0 Å². The van der Waals surface area contributed by atoms with Gasteiger partial charge in [-0.2, -0.15) is 0 Å². The maximum absolute atomic E-state index is 13.2. The summed E-state index contributed by atoms with van der Waals surface area (Å²) in [5.74, 6) is 0.320. The van der Waals surface area contributed by atoms with Gasteiger partial charge < -0.3 is 5.32 Å². The molecule has 0 unspecified atom stereocenters. The van der Waals surface area contributed by atoms with Gasteiger partial charge >= 0.3 is 0 Å². The predicted octanol–water partition coefficient (Wildman–Crippen LogP) is 1.81. The van der Waals surface area contributed by atoms with Gasteiger partial charge in [0, 0.05) is 12.4 Å². The van der Waals surface area contributed by atoms with Crippen LogP contribution in [0, 0.1) is 5.82 Å². The molecule has 2 aromatic rings. The highest BCUT2D eigenvalue weighted by Crippen LogP contribution is 2.20. The van der Waals surface area contributed by atoms with Crippen molar-refractivity contribution in [3.8, 4) is 0 Å². The number of para-hydroxylation sites is 1. The zero-order valence-corrected chi connectivity index (χ0v) is 7.08. The largest absolute Gasteiger partial charge is 0.373 e. The van der Waals surface area contributed by atoms with Crippen molar-refractivity contribution in [2.24, 2.45) is 0 Å². The average Bonchev–Trinajstić information content (AvgIpc) is 2.18. The Hall–Kier alpha value is -1.71. The van der Waals surface area contributed by atoms with E-state index in [0.717, 1.165) is 0 Å². The van der Waals surface area contributed by atoms with Gasteiger partial charge in [-0.25, -0.2) is 14.4 Å². The third-order valence-electron chi connectivity index (χ3n) is 1.85. The van der Waals surface area contributed by atoms with Crippen LogP contribution in [-0.4, -0.2) is 17.0 Å². The van der Waals surface area contributed by atoms with Crippen LogP contribution in [0.25, 0.3) is 10.9 Å². The van der Waals surface area contributed by atoms with Crippen molar-refractivity contribution in [3.05, 3.63) is 30.3 Å². The number of benzene rings is 1. The van der Waals surface area contributed by atoms with E-state index >= 15 is 0 Å². The van der Waals surface area contributed by atoms with Crippen molar-refractivity contribution >= 4 is 16.7 Å². The number of hydrogen-bond donors (Lipinski definition) is 1. The van der Waals surface area contributed by atoms with Crippen LogP contribution in [0.3, 0.4) is 0 Å². The van der Waals surface area contributed by atoms with Crippen molar-refractivity contribution < 1.29 is 4.39 Å². The number of aromatic nitrogens is 2. The summed E-state index contributed by atoms with van der Waals surface area (Å²) < 4.78 is 13.2. The molecule has 1 aromatic heterocycles. The first-order valence-corrected chi connectivity index (χ1v) is 3.90. The second-order valence-corrected chi connectivity index (χ2v) is 2.61. The van der Waals surface area contributed by atoms with Crippen LogP contribution in [0.2, 0.25) is 0 Å². The van der Waals surface area contributed by atoms with Gasteiger partial charge in [-0.1, -0.05) is 6.07 Å². The third-order valence-corrected chi connectivity index (χ3v) is 1.85. The van der Waals surface area contributed by atoms with Gasteiger partial charge in [-0.05, 0) is 12.1 Å². The monoisotopic (exact) mass is 177 g/mol. The molecular weight excluding hydrogens is 169 g/mol. The van der Waals surface area contributed by atoms with Gasteiger partial charge in [-0.15, -0.1) is 0 Å². The molecule has 1 heterocycles. The van der Waals surface area contributed by atoms with E-state index in [2.05, 4.69) is 15.3 Å². The first-order chi connectivity index (χ1) is 6.33. The second-order valence-electron chi connectivity index (χ2n) is 2.61. The van der Waals surface area contributed by atoms with Gasteiger partial charge in [-0.3, -0.25) is 0 Å². The van der Waals surface area contributed by atoms with Crippen LogP contribution >= 0.6 is 0 Å². The van der Waals surface area contributed by atoms with E-state index < -0.39 is 0 Å². The Kier molecular flexibility index (Phi) is 1.81. The fourth-order valence-electron chi connectivity index (χ4n) is 1.25. The highest BCUT2D eigenvalue weighted by molar-refractivity contribution is 5.88. The lowest BCUT2D eigenvalue weighted by Gasteiger charge is -2.03. The minimum absolute atomic E-state index is 0.323. The SMILES string of the molecule is CNc1ncnc2c(F)cccc12. The molecule has 0 bridgehead atoms. The highest BCUT2D eigenvalue weighted by atomic mass is 19.1. The van der Waals surface area contributed by atoms with E-state index in [0.29, 0.717) is 16.7 Å². The minimum Gasteiger partial charge on any atom is -0.373 e. The van der Waals surface area contributed by atoms with Crippen molar-refractivity contribution in [1.29, 1.82) is 0 Å². The molecule has 1 N–H and O–H groups in total. The lowest BCUT2D eigenvalue weighted by Crippen LogP contribution is -1.95. The molecule has 0 aliphatic carbocycles. The first kappa shape index (κ1) is 7.91. The number of anilines is 1. The molecule has 0 radical (unpaired) electrons. The van der Waals surface area contributed by atoms with Crippen LogP contribution in [0.4, 0.5) is 10.2 Å². The quantitative estimate of drug-likeness (QED) is 0.721. The normalized spacial score (nSPS) is 10.3. The molecule has 0 aliphatic heterocycles. The van der Waals surface area contributed by atoms with Crippen LogP contribution in [0.5, 0.6) is 0 Å². The zero-order valence-electron chi connectivity index (χ0n) is 7.08. The summed E-state index contributed by atoms with van der Waals surface area (Å²) in [7, 11) is 1.74. The summed E-state index contributed by atoms with van der Waals surface area (Å²) in [6.45, 7) is 0. The Morgan fingerprint density at radius 3 is 2.92 bits per heavy atom. The topological polar surface area (TPSA) is 37.8 Å². The summed E-state index contributed by atoms with van der Waals surface area (Å²) >= 11 is 0. The molecular formula is C9H8FN3. The first-order valence-electron chi connectivity index (χ1n) is 3.90. The van der Waals surface area contributed by atoms with Crippen LogP contribution < -0.4 is 5.32 Å². The van der Waals surface area contributed by atoms with E-state index in [1.54, 1.807) is 19.2 Å². The van der Waals surface area contributed by atoms with Gasteiger partial charge in [0.05, 0.1) is 0 Å². The minimum atomic E-state index is -0.323. The smallest absolute Gasteiger partial charge is 0.149 e. The number of nitrogens with zero attached hydrogens (tertiary/aromatic N) is 2. The van der Waals surface area contributed by atoms with Gasteiger partial charge in [0.1, 0.15) is 23.5 Å². The maximum Gasteiger partial charge on any atom is 0.149 e. The molecule has 0 atom stereocenters. The summed E-state index contributed by atoms with van der Waals surface area (Å²) in [5, 5.41) is 3.58. The van der Waals surface area contributed by atoms with Crippen LogP contribution in [0.15, 0.2) is 24.5 Å². The van der Waals surface area contributed by atoms with Crippen LogP contribution in [0.1, 0.15) is 0 Å². The number of halogens is 1. The third kappa shape index (κ3) is 1.20. The van der Waals surface area contributed by atoms with Gasteiger partial charge in [0.25, 0.3) is 0 Å². The van der Waals surface area contributed by atoms with E-state index in [-0.39, 0.29) is 5.82 Å². The Bertz CT molecular complexity index is 442. The summed E-state index contributed by atoms with van der Waals surface area (Å²) in [6.07, 6.45) is 1.34. The number of rotatable bonds is 1.